The van der Waals surface area contributed by atoms with Crippen molar-refractivity contribution >= 4 is 0 Å². The first-order valence-corrected chi connectivity index (χ1v) is 7.74. The number of ether oxygens (including phenoxy) is 3. The van der Waals surface area contributed by atoms with E-state index in [0.29, 0.717) is 19.8 Å². The van der Waals surface area contributed by atoms with Gasteiger partial charge in [0.2, 0.25) is 0 Å². The van der Waals surface area contributed by atoms with Crippen molar-refractivity contribution in [3.8, 4) is 11.5 Å². The second-order valence-electron chi connectivity index (χ2n) is 5.14. The average molecular weight is 300 g/mol. The number of hydrogen-bond donors (Lipinski definition) is 0. The number of rotatable bonds is 9. The first-order chi connectivity index (χ1) is 10.8. The van der Waals surface area contributed by atoms with Gasteiger partial charge in [0.05, 0.1) is 6.61 Å². The van der Waals surface area contributed by atoms with Crippen molar-refractivity contribution in [3.05, 3.63) is 59.7 Å². The third kappa shape index (κ3) is 5.41. The molecule has 22 heavy (non-hydrogen) atoms. The average Bonchev–Trinajstić information content (AvgIpc) is 2.57. The lowest BCUT2D eigenvalue weighted by Crippen LogP contribution is -2.02. The van der Waals surface area contributed by atoms with Gasteiger partial charge in [0.1, 0.15) is 18.1 Å². The van der Waals surface area contributed by atoms with Gasteiger partial charge < -0.3 is 14.2 Å². The Balaban J connectivity index is 1.97. The maximum atomic E-state index is 5.90. The molecule has 0 saturated heterocycles. The number of benzene rings is 2. The van der Waals surface area contributed by atoms with Crippen LogP contribution in [0.1, 0.15) is 24.5 Å². The standard InChI is InChI=1S/C19H24O3/c1-3-16-12-18(21-11-7-10-20-2)14-19(13-16)22-15-17-8-5-4-6-9-17/h4-6,8-9,12-14H,3,7,10-11,15H2,1-2H3. The Bertz CT molecular complexity index is 552. The van der Waals surface area contributed by atoms with Crippen LogP contribution >= 0.6 is 0 Å². The third-order valence-corrected chi connectivity index (χ3v) is 3.36. The third-order valence-electron chi connectivity index (χ3n) is 3.36. The molecular weight excluding hydrogens is 276 g/mol. The molecule has 0 aromatic heterocycles. The smallest absolute Gasteiger partial charge is 0.123 e. The molecule has 0 bridgehead atoms. The van der Waals surface area contributed by atoms with Crippen molar-refractivity contribution in [1.29, 1.82) is 0 Å². The van der Waals surface area contributed by atoms with Crippen LogP contribution in [0, 0.1) is 0 Å². The molecule has 0 aliphatic rings. The number of hydrogen-bond acceptors (Lipinski definition) is 3. The minimum atomic E-state index is 0.567. The Hall–Kier alpha value is -2.00. The van der Waals surface area contributed by atoms with E-state index >= 15 is 0 Å². The summed E-state index contributed by atoms with van der Waals surface area (Å²) in [5.41, 5.74) is 2.37. The van der Waals surface area contributed by atoms with E-state index < -0.39 is 0 Å². The largest absolute Gasteiger partial charge is 0.493 e. The van der Waals surface area contributed by atoms with Crippen LogP contribution in [0.5, 0.6) is 11.5 Å². The van der Waals surface area contributed by atoms with E-state index in [4.69, 9.17) is 14.2 Å². The molecule has 2 aromatic rings. The van der Waals surface area contributed by atoms with Crippen LogP contribution in [0.4, 0.5) is 0 Å². The van der Waals surface area contributed by atoms with Gasteiger partial charge in [-0.05, 0) is 29.7 Å². The Labute approximate surface area is 132 Å². The van der Waals surface area contributed by atoms with Crippen molar-refractivity contribution < 1.29 is 14.2 Å². The first kappa shape index (κ1) is 16.4. The molecule has 0 atom stereocenters. The summed E-state index contributed by atoms with van der Waals surface area (Å²) >= 11 is 0. The number of aryl methyl sites for hydroxylation is 1. The molecule has 2 rings (SSSR count). The zero-order valence-electron chi connectivity index (χ0n) is 13.4. The highest BCUT2D eigenvalue weighted by atomic mass is 16.5. The molecular formula is C19H24O3. The summed E-state index contributed by atoms with van der Waals surface area (Å²) in [5, 5.41) is 0. The van der Waals surface area contributed by atoms with E-state index in [1.54, 1.807) is 7.11 Å². The molecule has 2 aromatic carbocycles. The summed E-state index contributed by atoms with van der Waals surface area (Å²) in [6.45, 7) is 4.06. The minimum Gasteiger partial charge on any atom is -0.493 e. The van der Waals surface area contributed by atoms with Gasteiger partial charge in [0.15, 0.2) is 0 Å². The van der Waals surface area contributed by atoms with E-state index in [0.717, 1.165) is 29.9 Å². The Morgan fingerprint density at radius 1 is 0.818 bits per heavy atom. The van der Waals surface area contributed by atoms with Crippen LogP contribution in [-0.2, 0) is 17.8 Å². The lowest BCUT2D eigenvalue weighted by Gasteiger charge is -2.12. The van der Waals surface area contributed by atoms with Crippen molar-refractivity contribution in [3.63, 3.8) is 0 Å². The Kier molecular flexibility index (Phi) is 6.78. The van der Waals surface area contributed by atoms with Gasteiger partial charge >= 0.3 is 0 Å². The van der Waals surface area contributed by atoms with Gasteiger partial charge in [0, 0.05) is 26.2 Å². The quantitative estimate of drug-likeness (QED) is 0.648. The fraction of sp³-hybridized carbons (Fsp3) is 0.368. The van der Waals surface area contributed by atoms with Crippen molar-refractivity contribution in [2.45, 2.75) is 26.4 Å². The molecule has 0 saturated carbocycles. The van der Waals surface area contributed by atoms with Crippen LogP contribution < -0.4 is 9.47 Å². The maximum absolute atomic E-state index is 5.90. The Morgan fingerprint density at radius 2 is 1.55 bits per heavy atom. The Morgan fingerprint density at radius 3 is 2.23 bits per heavy atom. The molecule has 0 unspecified atom stereocenters. The van der Waals surface area contributed by atoms with Gasteiger partial charge in [-0.2, -0.15) is 0 Å². The van der Waals surface area contributed by atoms with E-state index in [-0.39, 0.29) is 0 Å². The predicted molar refractivity (Wildman–Crippen MR) is 88.6 cm³/mol. The first-order valence-electron chi connectivity index (χ1n) is 7.74. The van der Waals surface area contributed by atoms with Gasteiger partial charge in [-0.15, -0.1) is 0 Å². The summed E-state index contributed by atoms with van der Waals surface area (Å²) in [7, 11) is 1.70. The molecule has 0 N–H and O–H groups in total. The highest BCUT2D eigenvalue weighted by Gasteiger charge is 2.03. The van der Waals surface area contributed by atoms with E-state index in [1.807, 2.05) is 24.3 Å². The lowest BCUT2D eigenvalue weighted by molar-refractivity contribution is 0.172. The van der Waals surface area contributed by atoms with Crippen LogP contribution in [0.2, 0.25) is 0 Å². The lowest BCUT2D eigenvalue weighted by atomic mass is 10.1. The van der Waals surface area contributed by atoms with Crippen LogP contribution in [0.15, 0.2) is 48.5 Å². The zero-order valence-corrected chi connectivity index (χ0v) is 13.4. The summed E-state index contributed by atoms with van der Waals surface area (Å²) in [6, 6.07) is 16.3. The second kappa shape index (κ2) is 9.11. The van der Waals surface area contributed by atoms with Crippen LogP contribution in [0.3, 0.4) is 0 Å². The van der Waals surface area contributed by atoms with Gasteiger partial charge in [-0.3, -0.25) is 0 Å². The maximum Gasteiger partial charge on any atom is 0.123 e. The van der Waals surface area contributed by atoms with Crippen molar-refractivity contribution in [2.24, 2.45) is 0 Å². The molecule has 118 valence electrons. The van der Waals surface area contributed by atoms with Gasteiger partial charge in [0.25, 0.3) is 0 Å². The van der Waals surface area contributed by atoms with Gasteiger partial charge in [-0.25, -0.2) is 0 Å². The van der Waals surface area contributed by atoms with Crippen molar-refractivity contribution in [2.75, 3.05) is 20.3 Å². The molecule has 0 radical (unpaired) electrons. The zero-order chi connectivity index (χ0) is 15.6. The molecule has 0 fully saturated rings. The molecule has 0 aliphatic heterocycles. The van der Waals surface area contributed by atoms with Crippen molar-refractivity contribution in [1.82, 2.24) is 0 Å². The van der Waals surface area contributed by atoms with E-state index in [2.05, 4.69) is 31.2 Å². The van der Waals surface area contributed by atoms with Crippen LogP contribution in [0.25, 0.3) is 0 Å². The summed E-state index contributed by atoms with van der Waals surface area (Å²) < 4.78 is 16.7. The molecule has 3 heteroatoms. The summed E-state index contributed by atoms with van der Waals surface area (Å²) in [5.74, 6) is 1.71. The molecule has 0 heterocycles. The van der Waals surface area contributed by atoms with E-state index in [1.165, 1.54) is 5.56 Å². The monoisotopic (exact) mass is 300 g/mol. The fourth-order valence-corrected chi connectivity index (χ4v) is 2.14. The predicted octanol–water partition coefficient (Wildman–Crippen LogP) is 4.24. The second-order valence-corrected chi connectivity index (χ2v) is 5.14. The molecule has 0 amide bonds. The van der Waals surface area contributed by atoms with Gasteiger partial charge in [-0.1, -0.05) is 37.3 Å². The molecule has 3 nitrogen and oxygen atoms in total. The number of methoxy groups -OCH3 is 1. The van der Waals surface area contributed by atoms with Crippen LogP contribution in [-0.4, -0.2) is 20.3 Å². The van der Waals surface area contributed by atoms with E-state index in [9.17, 15) is 0 Å². The SMILES string of the molecule is CCc1cc(OCCCOC)cc(OCc2ccccc2)c1. The minimum absolute atomic E-state index is 0.567. The topological polar surface area (TPSA) is 27.7 Å². The highest BCUT2D eigenvalue weighted by Crippen LogP contribution is 2.24. The summed E-state index contributed by atoms with van der Waals surface area (Å²) in [6.07, 6.45) is 1.84. The highest BCUT2D eigenvalue weighted by molar-refractivity contribution is 5.38. The summed E-state index contributed by atoms with van der Waals surface area (Å²) in [4.78, 5) is 0. The molecule has 0 spiro atoms. The molecule has 0 aliphatic carbocycles. The normalized spacial score (nSPS) is 10.5. The fourth-order valence-electron chi connectivity index (χ4n) is 2.14.